The molecule has 2 rings (SSSR count). The van der Waals surface area contributed by atoms with Gasteiger partial charge >= 0.3 is 0 Å². The molecule has 0 saturated carbocycles. The maximum Gasteiger partial charge on any atom is 0.286 e. The molecule has 0 radical (unpaired) electrons. The first kappa shape index (κ1) is 14.9. The lowest BCUT2D eigenvalue weighted by molar-refractivity contribution is -0.384. The molecule has 0 fully saturated rings. The zero-order valence-corrected chi connectivity index (χ0v) is 11.8. The molecule has 0 aliphatic heterocycles. The lowest BCUT2D eigenvalue weighted by Gasteiger charge is -2.16. The fraction of sp³-hybridized carbons (Fsp3) is 0.0769. The number of hydrogen-bond donors (Lipinski definition) is 1. The van der Waals surface area contributed by atoms with E-state index in [0.29, 0.717) is 0 Å². The molecule has 0 atom stereocenters. The van der Waals surface area contributed by atoms with Gasteiger partial charge in [-0.05, 0) is 25.1 Å². The summed E-state index contributed by atoms with van der Waals surface area (Å²) in [6, 6.07) is 10.6. The predicted octanol–water partition coefficient (Wildman–Crippen LogP) is 2.49. The van der Waals surface area contributed by atoms with Crippen LogP contribution in [0.15, 0.2) is 53.4 Å². The van der Waals surface area contributed by atoms with Crippen LogP contribution in [-0.4, -0.2) is 18.5 Å². The van der Waals surface area contributed by atoms with Gasteiger partial charge in [-0.25, -0.2) is 0 Å². The van der Waals surface area contributed by atoms with E-state index < -0.39 is 14.9 Å². The van der Waals surface area contributed by atoms with E-state index in [1.54, 1.807) is 19.1 Å². The largest absolute Gasteiger partial charge is 0.286 e. The number of nitro groups is 1. The number of aryl methyl sites for hydroxylation is 1. The Kier molecular flexibility index (Phi) is 3.92. The van der Waals surface area contributed by atoms with Crippen LogP contribution in [0.3, 0.4) is 0 Å². The summed E-state index contributed by atoms with van der Waals surface area (Å²) in [5, 5.41) is 20.6. The summed E-state index contributed by atoms with van der Waals surface area (Å²) in [4.78, 5) is 9.91. The molecule has 8 heteroatoms. The van der Waals surface area contributed by atoms with Crippen molar-refractivity contribution in [3.8, 4) is 0 Å². The summed E-state index contributed by atoms with van der Waals surface area (Å²) in [6.45, 7) is 1.80. The predicted molar refractivity (Wildman–Crippen MR) is 75.7 cm³/mol. The van der Waals surface area contributed by atoms with E-state index in [0.717, 1.165) is 11.6 Å². The Morgan fingerprint density at radius 3 is 2.33 bits per heavy atom. The van der Waals surface area contributed by atoms with Crippen LogP contribution in [0.1, 0.15) is 5.56 Å². The molecule has 0 aliphatic rings. The molecule has 7 nitrogen and oxygen atoms in total. The molecule has 0 heterocycles. The average molecular weight is 308 g/mol. The second kappa shape index (κ2) is 5.51. The van der Waals surface area contributed by atoms with Gasteiger partial charge in [0.1, 0.15) is 0 Å². The van der Waals surface area contributed by atoms with Crippen molar-refractivity contribution in [3.63, 3.8) is 0 Å². The molecule has 110 valence electrons. The molecular weight excluding hydrogens is 296 g/mol. The smallest absolute Gasteiger partial charge is 0.274 e. The maximum atomic E-state index is 12.2. The van der Waals surface area contributed by atoms with Crippen LogP contribution >= 0.6 is 0 Å². The van der Waals surface area contributed by atoms with Crippen LogP contribution in [0.25, 0.3) is 0 Å². The standard InChI is InChI=1S/C13H12N2O5S/c1-10-5-7-13(8-6-10)21(19,20)15(18)12-4-2-3-11(9-12)14(16)17/h2-9,18H,1H3. The Morgan fingerprint density at radius 2 is 1.76 bits per heavy atom. The van der Waals surface area contributed by atoms with Crippen molar-refractivity contribution in [1.29, 1.82) is 0 Å². The minimum atomic E-state index is -4.18. The summed E-state index contributed by atoms with van der Waals surface area (Å²) in [5.74, 6) is 0. The first-order valence-corrected chi connectivity index (χ1v) is 7.32. The monoisotopic (exact) mass is 308 g/mol. The highest BCUT2D eigenvalue weighted by atomic mass is 32.2. The Balaban J connectivity index is 2.43. The first-order valence-electron chi connectivity index (χ1n) is 5.88. The van der Waals surface area contributed by atoms with Gasteiger partial charge in [0.15, 0.2) is 0 Å². The Hall–Kier alpha value is -2.45. The van der Waals surface area contributed by atoms with E-state index in [1.807, 2.05) is 0 Å². The van der Waals surface area contributed by atoms with Crippen molar-refractivity contribution >= 4 is 21.4 Å². The number of nitro benzene ring substituents is 1. The van der Waals surface area contributed by atoms with Crippen LogP contribution in [0, 0.1) is 17.0 Å². The van der Waals surface area contributed by atoms with Gasteiger partial charge in [-0.2, -0.15) is 8.42 Å². The van der Waals surface area contributed by atoms with Crippen molar-refractivity contribution in [2.45, 2.75) is 11.8 Å². The second-order valence-corrected chi connectivity index (χ2v) is 6.11. The van der Waals surface area contributed by atoms with Crippen LogP contribution in [0.4, 0.5) is 11.4 Å². The van der Waals surface area contributed by atoms with Crippen molar-refractivity contribution < 1.29 is 18.5 Å². The zero-order valence-electron chi connectivity index (χ0n) is 11.0. The van der Waals surface area contributed by atoms with E-state index >= 15 is 0 Å². The third kappa shape index (κ3) is 3.01. The van der Waals surface area contributed by atoms with Gasteiger partial charge in [0.25, 0.3) is 15.7 Å². The minimum absolute atomic E-state index is 0.0324. The molecule has 21 heavy (non-hydrogen) atoms. The van der Waals surface area contributed by atoms with E-state index in [1.165, 1.54) is 30.3 Å². The lowest BCUT2D eigenvalue weighted by atomic mass is 10.2. The Morgan fingerprint density at radius 1 is 1.14 bits per heavy atom. The molecule has 2 aromatic rings. The number of nitrogens with zero attached hydrogens (tertiary/aromatic N) is 2. The zero-order chi connectivity index (χ0) is 15.6. The second-order valence-electron chi connectivity index (χ2n) is 4.34. The highest BCUT2D eigenvalue weighted by molar-refractivity contribution is 7.92. The quantitative estimate of drug-likeness (QED) is 0.690. The van der Waals surface area contributed by atoms with Gasteiger partial charge in [0.05, 0.1) is 15.5 Å². The highest BCUT2D eigenvalue weighted by Crippen LogP contribution is 2.25. The molecule has 1 N–H and O–H groups in total. The van der Waals surface area contributed by atoms with Crippen LogP contribution < -0.4 is 4.47 Å². The molecule has 0 bridgehead atoms. The van der Waals surface area contributed by atoms with Crippen molar-refractivity contribution in [2.24, 2.45) is 0 Å². The van der Waals surface area contributed by atoms with Crippen LogP contribution in [-0.2, 0) is 10.0 Å². The van der Waals surface area contributed by atoms with Gasteiger partial charge in [-0.1, -0.05) is 23.8 Å². The minimum Gasteiger partial charge on any atom is -0.274 e. The fourth-order valence-corrected chi connectivity index (χ4v) is 2.75. The molecule has 0 spiro atoms. The van der Waals surface area contributed by atoms with Gasteiger partial charge in [-0.3, -0.25) is 15.3 Å². The SMILES string of the molecule is Cc1ccc(S(=O)(=O)N(O)c2cccc([N+](=O)[O-])c2)cc1. The van der Waals surface area contributed by atoms with Crippen LogP contribution in [0.2, 0.25) is 0 Å². The Bertz CT molecular complexity index is 771. The number of sulfonamides is 1. The molecule has 0 amide bonds. The molecular formula is C13H12N2O5S. The molecule has 0 aliphatic carbocycles. The van der Waals surface area contributed by atoms with Gasteiger partial charge in [-0.15, -0.1) is 4.47 Å². The van der Waals surface area contributed by atoms with Crippen molar-refractivity contribution in [1.82, 2.24) is 0 Å². The van der Waals surface area contributed by atoms with Crippen molar-refractivity contribution in [3.05, 3.63) is 64.2 Å². The highest BCUT2D eigenvalue weighted by Gasteiger charge is 2.24. The van der Waals surface area contributed by atoms with Gasteiger partial charge in [0, 0.05) is 12.1 Å². The topological polar surface area (TPSA) is 101 Å². The summed E-state index contributed by atoms with van der Waals surface area (Å²) in [5.41, 5.74) is 0.351. The average Bonchev–Trinajstić information content (AvgIpc) is 2.47. The first-order chi connectivity index (χ1) is 9.82. The third-order valence-corrected chi connectivity index (χ3v) is 4.34. The van der Waals surface area contributed by atoms with Gasteiger partial charge in [0.2, 0.25) is 0 Å². The number of anilines is 1. The summed E-state index contributed by atoms with van der Waals surface area (Å²) in [7, 11) is -4.18. The van der Waals surface area contributed by atoms with Gasteiger partial charge < -0.3 is 0 Å². The van der Waals surface area contributed by atoms with Crippen LogP contribution in [0.5, 0.6) is 0 Å². The summed E-state index contributed by atoms with van der Waals surface area (Å²) >= 11 is 0. The Labute approximate surface area is 121 Å². The van der Waals surface area contributed by atoms with Crippen molar-refractivity contribution in [2.75, 3.05) is 4.47 Å². The van der Waals surface area contributed by atoms with E-state index in [-0.39, 0.29) is 20.7 Å². The molecule has 2 aromatic carbocycles. The number of non-ortho nitro benzene ring substituents is 1. The number of hydrogen-bond acceptors (Lipinski definition) is 5. The molecule has 0 saturated heterocycles. The van der Waals surface area contributed by atoms with E-state index in [4.69, 9.17) is 0 Å². The normalized spacial score (nSPS) is 11.1. The molecule has 0 aromatic heterocycles. The van der Waals surface area contributed by atoms with E-state index in [9.17, 15) is 23.7 Å². The molecule has 0 unspecified atom stereocenters. The summed E-state index contributed by atoms with van der Waals surface area (Å²) in [6.07, 6.45) is 0. The summed E-state index contributed by atoms with van der Waals surface area (Å²) < 4.78 is 24.5. The lowest BCUT2D eigenvalue weighted by Crippen LogP contribution is -2.27. The fourth-order valence-electron chi connectivity index (χ4n) is 1.67. The van der Waals surface area contributed by atoms with E-state index in [2.05, 4.69) is 0 Å². The number of rotatable bonds is 4. The maximum absolute atomic E-state index is 12.2. The number of benzene rings is 2. The third-order valence-electron chi connectivity index (χ3n) is 2.81.